The molecule has 30 heavy (non-hydrogen) atoms. The predicted octanol–water partition coefficient (Wildman–Crippen LogP) is 2.92. The minimum absolute atomic E-state index is 0.0375. The Labute approximate surface area is 174 Å². The molecular weight excluding hydrogens is 386 g/mol. The summed E-state index contributed by atoms with van der Waals surface area (Å²) in [4.78, 5) is 36.8. The van der Waals surface area contributed by atoms with Gasteiger partial charge in [0.15, 0.2) is 0 Å². The van der Waals surface area contributed by atoms with Gasteiger partial charge in [-0.1, -0.05) is 26.0 Å². The third-order valence-electron chi connectivity index (χ3n) is 5.30. The van der Waals surface area contributed by atoms with Gasteiger partial charge in [-0.05, 0) is 41.3 Å². The molecule has 1 fully saturated rings. The zero-order valence-corrected chi connectivity index (χ0v) is 16.9. The van der Waals surface area contributed by atoms with Gasteiger partial charge in [-0.25, -0.2) is 0 Å². The molecule has 2 aromatic rings. The Morgan fingerprint density at radius 1 is 1.23 bits per heavy atom. The third kappa shape index (κ3) is 4.83. The highest BCUT2D eigenvalue weighted by molar-refractivity contribution is 6.00. The second-order valence-electron chi connectivity index (χ2n) is 7.76. The standard InChI is InChI=1S/C22H25N3O5/c1-14(2)16-4-3-5-19(10-16)24-13-17(11-21(24)27)22(28)23-12-20(26)15-6-8-18(9-7-15)25(29)30/h3-10,14,17,20,26H,11-13H2,1-2H3,(H,23,28)/t17-,20-/m0/s1. The number of carbonyl (C=O) groups excluding carboxylic acids is 2. The first-order valence-electron chi connectivity index (χ1n) is 9.86. The first-order chi connectivity index (χ1) is 14.3. The molecule has 0 spiro atoms. The summed E-state index contributed by atoms with van der Waals surface area (Å²) in [7, 11) is 0. The summed E-state index contributed by atoms with van der Waals surface area (Å²) in [5, 5.41) is 23.6. The van der Waals surface area contributed by atoms with Crippen molar-refractivity contribution in [1.82, 2.24) is 5.32 Å². The maximum absolute atomic E-state index is 12.5. The number of amides is 2. The zero-order chi connectivity index (χ0) is 21.8. The van der Waals surface area contributed by atoms with Crippen LogP contribution in [0.3, 0.4) is 0 Å². The monoisotopic (exact) mass is 411 g/mol. The smallest absolute Gasteiger partial charge is 0.269 e. The number of carbonyl (C=O) groups is 2. The van der Waals surface area contributed by atoms with Crippen molar-refractivity contribution in [3.05, 3.63) is 69.8 Å². The van der Waals surface area contributed by atoms with E-state index in [9.17, 15) is 24.8 Å². The molecule has 2 N–H and O–H groups in total. The molecule has 2 aromatic carbocycles. The summed E-state index contributed by atoms with van der Waals surface area (Å²) >= 11 is 0. The zero-order valence-electron chi connectivity index (χ0n) is 16.9. The van der Waals surface area contributed by atoms with Crippen LogP contribution in [0.1, 0.15) is 43.4 Å². The number of benzene rings is 2. The van der Waals surface area contributed by atoms with Crippen molar-refractivity contribution in [3.63, 3.8) is 0 Å². The summed E-state index contributed by atoms with van der Waals surface area (Å²) in [6, 6.07) is 13.3. The van der Waals surface area contributed by atoms with E-state index in [1.54, 1.807) is 4.90 Å². The number of hydrogen-bond donors (Lipinski definition) is 2. The fourth-order valence-corrected chi connectivity index (χ4v) is 3.46. The number of anilines is 1. The lowest BCUT2D eigenvalue weighted by Gasteiger charge is -2.19. The lowest BCUT2D eigenvalue weighted by atomic mass is 10.0. The van der Waals surface area contributed by atoms with Gasteiger partial charge in [0.25, 0.3) is 5.69 Å². The van der Waals surface area contributed by atoms with Crippen LogP contribution in [-0.4, -0.2) is 34.9 Å². The minimum Gasteiger partial charge on any atom is -0.387 e. The molecule has 1 saturated heterocycles. The summed E-state index contributed by atoms with van der Waals surface area (Å²) in [6.45, 7) is 4.42. The van der Waals surface area contributed by atoms with Gasteiger partial charge in [-0.2, -0.15) is 0 Å². The SMILES string of the molecule is CC(C)c1cccc(N2C[C@@H](C(=O)NC[C@H](O)c3ccc([N+](=O)[O-])cc3)CC2=O)c1. The first kappa shape index (κ1) is 21.4. The van der Waals surface area contributed by atoms with Gasteiger partial charge in [-0.3, -0.25) is 19.7 Å². The number of nitrogens with one attached hydrogen (secondary N) is 1. The van der Waals surface area contributed by atoms with Gasteiger partial charge in [0.05, 0.1) is 16.9 Å². The van der Waals surface area contributed by atoms with E-state index >= 15 is 0 Å². The van der Waals surface area contributed by atoms with Crippen LogP contribution in [0.5, 0.6) is 0 Å². The Bertz CT molecular complexity index is 942. The van der Waals surface area contributed by atoms with Gasteiger partial charge >= 0.3 is 0 Å². The molecule has 0 aromatic heterocycles. The highest BCUT2D eigenvalue weighted by Gasteiger charge is 2.35. The second kappa shape index (κ2) is 9.04. The predicted molar refractivity (Wildman–Crippen MR) is 112 cm³/mol. The Morgan fingerprint density at radius 3 is 2.57 bits per heavy atom. The van der Waals surface area contributed by atoms with Crippen LogP contribution in [0.15, 0.2) is 48.5 Å². The van der Waals surface area contributed by atoms with E-state index in [1.165, 1.54) is 24.3 Å². The van der Waals surface area contributed by atoms with Crippen LogP contribution >= 0.6 is 0 Å². The maximum Gasteiger partial charge on any atom is 0.269 e. The highest BCUT2D eigenvalue weighted by Crippen LogP contribution is 2.28. The third-order valence-corrected chi connectivity index (χ3v) is 5.30. The molecule has 0 unspecified atom stereocenters. The molecule has 0 saturated carbocycles. The van der Waals surface area contributed by atoms with E-state index in [2.05, 4.69) is 19.2 Å². The molecule has 2 atom stereocenters. The van der Waals surface area contributed by atoms with E-state index < -0.39 is 16.9 Å². The fraction of sp³-hybridized carbons (Fsp3) is 0.364. The van der Waals surface area contributed by atoms with E-state index in [0.717, 1.165) is 11.3 Å². The van der Waals surface area contributed by atoms with Crippen molar-refractivity contribution in [2.75, 3.05) is 18.0 Å². The van der Waals surface area contributed by atoms with Gasteiger partial charge in [0.1, 0.15) is 0 Å². The lowest BCUT2D eigenvalue weighted by molar-refractivity contribution is -0.384. The van der Waals surface area contributed by atoms with Crippen LogP contribution < -0.4 is 10.2 Å². The van der Waals surface area contributed by atoms with Crippen LogP contribution in [-0.2, 0) is 9.59 Å². The van der Waals surface area contributed by atoms with E-state index in [4.69, 9.17) is 0 Å². The largest absolute Gasteiger partial charge is 0.387 e. The van der Waals surface area contributed by atoms with Gasteiger partial charge in [0, 0.05) is 37.3 Å². The van der Waals surface area contributed by atoms with Crippen molar-refractivity contribution in [2.45, 2.75) is 32.3 Å². The molecule has 0 aliphatic carbocycles. The van der Waals surface area contributed by atoms with E-state index in [0.29, 0.717) is 18.0 Å². The average molecular weight is 411 g/mol. The molecule has 8 heteroatoms. The number of aliphatic hydroxyl groups is 1. The topological polar surface area (TPSA) is 113 Å². The molecule has 8 nitrogen and oxygen atoms in total. The van der Waals surface area contributed by atoms with Gasteiger partial charge in [0.2, 0.25) is 11.8 Å². The van der Waals surface area contributed by atoms with Crippen LogP contribution in [0.25, 0.3) is 0 Å². The Kier molecular flexibility index (Phi) is 6.47. The van der Waals surface area contributed by atoms with Crippen molar-refractivity contribution >= 4 is 23.2 Å². The number of nitro groups is 1. The fourth-order valence-electron chi connectivity index (χ4n) is 3.46. The number of hydrogen-bond acceptors (Lipinski definition) is 5. The van der Waals surface area contributed by atoms with Crippen molar-refractivity contribution < 1.29 is 19.6 Å². The maximum atomic E-state index is 12.5. The summed E-state index contributed by atoms with van der Waals surface area (Å²) in [5.74, 6) is -0.564. The summed E-state index contributed by atoms with van der Waals surface area (Å²) < 4.78 is 0. The number of non-ortho nitro benzene ring substituents is 1. The van der Waals surface area contributed by atoms with Crippen LogP contribution in [0.2, 0.25) is 0 Å². The van der Waals surface area contributed by atoms with Crippen LogP contribution in [0, 0.1) is 16.0 Å². The average Bonchev–Trinajstić information content (AvgIpc) is 3.13. The Balaban J connectivity index is 1.58. The molecule has 2 amide bonds. The second-order valence-corrected chi connectivity index (χ2v) is 7.76. The number of aliphatic hydroxyl groups excluding tert-OH is 1. The molecule has 1 heterocycles. The minimum atomic E-state index is -0.995. The highest BCUT2D eigenvalue weighted by atomic mass is 16.6. The number of nitro benzene ring substituents is 1. The van der Waals surface area contributed by atoms with E-state index in [1.807, 2.05) is 24.3 Å². The number of nitrogens with zero attached hydrogens (tertiary/aromatic N) is 2. The lowest BCUT2D eigenvalue weighted by Crippen LogP contribution is -2.35. The normalized spacial score (nSPS) is 17.3. The first-order valence-corrected chi connectivity index (χ1v) is 9.86. The van der Waals surface area contributed by atoms with Crippen molar-refractivity contribution in [3.8, 4) is 0 Å². The molecule has 3 rings (SSSR count). The molecule has 1 aliphatic heterocycles. The van der Waals surface area contributed by atoms with Crippen molar-refractivity contribution in [1.29, 1.82) is 0 Å². The van der Waals surface area contributed by atoms with Gasteiger partial charge in [-0.15, -0.1) is 0 Å². The molecule has 0 bridgehead atoms. The summed E-state index contributed by atoms with van der Waals surface area (Å²) in [6.07, 6.45) is -0.878. The van der Waals surface area contributed by atoms with Gasteiger partial charge < -0.3 is 15.3 Å². The molecule has 158 valence electrons. The summed E-state index contributed by atoms with van der Waals surface area (Å²) in [5.41, 5.74) is 2.31. The van der Waals surface area contributed by atoms with Crippen molar-refractivity contribution in [2.24, 2.45) is 5.92 Å². The molecule has 1 aliphatic rings. The molecular formula is C22H25N3O5. The van der Waals surface area contributed by atoms with E-state index in [-0.39, 0.29) is 30.5 Å². The van der Waals surface area contributed by atoms with Crippen LogP contribution in [0.4, 0.5) is 11.4 Å². The quantitative estimate of drug-likeness (QED) is 0.537. The Hall–Kier alpha value is -3.26. The Morgan fingerprint density at radius 2 is 1.93 bits per heavy atom. The molecule has 0 radical (unpaired) electrons. The number of rotatable bonds is 7.